The fourth-order valence-electron chi connectivity index (χ4n) is 3.35. The van der Waals surface area contributed by atoms with Gasteiger partial charge in [-0.15, -0.1) is 0 Å². The van der Waals surface area contributed by atoms with Gasteiger partial charge in [0.1, 0.15) is 17.4 Å². The van der Waals surface area contributed by atoms with Crippen LogP contribution in [0.4, 0.5) is 10.2 Å². The van der Waals surface area contributed by atoms with Gasteiger partial charge in [-0.25, -0.2) is 14.4 Å². The Balaban J connectivity index is 1.64. The molecule has 5 nitrogen and oxygen atoms in total. The quantitative estimate of drug-likeness (QED) is 0.414. The number of benzene rings is 2. The molecule has 0 bridgehead atoms. The molecule has 4 aromatic rings. The Kier molecular flexibility index (Phi) is 5.75. The van der Waals surface area contributed by atoms with Crippen LogP contribution in [-0.2, 0) is 6.54 Å². The number of phenolic OH excluding ortho intramolecular Hbond substituents is 1. The molecule has 0 spiro atoms. The lowest BCUT2D eigenvalue weighted by Gasteiger charge is -2.13. The number of phenols is 1. The van der Waals surface area contributed by atoms with Gasteiger partial charge in [-0.05, 0) is 60.9 Å². The highest BCUT2D eigenvalue weighted by atomic mass is 19.1. The van der Waals surface area contributed by atoms with Crippen LogP contribution in [0, 0.1) is 12.7 Å². The maximum atomic E-state index is 13.8. The average molecular weight is 402 g/mol. The van der Waals surface area contributed by atoms with Crippen molar-refractivity contribution in [2.45, 2.75) is 19.9 Å². The van der Waals surface area contributed by atoms with Gasteiger partial charge >= 0.3 is 0 Å². The molecule has 0 atom stereocenters. The molecule has 0 aliphatic rings. The number of rotatable bonds is 7. The second-order valence-corrected chi connectivity index (χ2v) is 7.24. The lowest BCUT2D eigenvalue weighted by molar-refractivity contribution is 0.477. The summed E-state index contributed by atoms with van der Waals surface area (Å²) in [7, 11) is 0. The average Bonchev–Trinajstić information content (AvgIpc) is 3.26. The van der Waals surface area contributed by atoms with E-state index < -0.39 is 0 Å². The number of aromatic hydroxyl groups is 1. The largest absolute Gasteiger partial charge is 0.507 e. The number of hydrogen-bond acceptors (Lipinski definition) is 4. The Labute approximate surface area is 174 Å². The van der Waals surface area contributed by atoms with Gasteiger partial charge in [-0.3, -0.25) is 0 Å². The van der Waals surface area contributed by atoms with Gasteiger partial charge in [0.25, 0.3) is 0 Å². The van der Waals surface area contributed by atoms with Crippen LogP contribution >= 0.6 is 0 Å². The zero-order valence-corrected chi connectivity index (χ0v) is 16.7. The summed E-state index contributed by atoms with van der Waals surface area (Å²) in [6, 6.07) is 15.7. The van der Waals surface area contributed by atoms with Crippen LogP contribution in [0.2, 0.25) is 0 Å². The molecule has 6 heteroatoms. The lowest BCUT2D eigenvalue weighted by Crippen LogP contribution is -2.07. The number of hydrogen-bond donors (Lipinski definition) is 2. The van der Waals surface area contributed by atoms with Crippen molar-refractivity contribution in [1.82, 2.24) is 14.5 Å². The zero-order chi connectivity index (χ0) is 20.9. The third kappa shape index (κ3) is 4.66. The number of aromatic nitrogens is 3. The Morgan fingerprint density at radius 3 is 2.77 bits per heavy atom. The van der Waals surface area contributed by atoms with Crippen LogP contribution in [0.1, 0.15) is 12.0 Å². The molecule has 0 unspecified atom stereocenters. The van der Waals surface area contributed by atoms with Crippen LogP contribution in [0.3, 0.4) is 0 Å². The monoisotopic (exact) mass is 402 g/mol. The Hall–Kier alpha value is -3.67. The van der Waals surface area contributed by atoms with Gasteiger partial charge in [-0.1, -0.05) is 23.8 Å². The minimum Gasteiger partial charge on any atom is -0.507 e. The Morgan fingerprint density at radius 1 is 1.07 bits per heavy atom. The zero-order valence-electron chi connectivity index (χ0n) is 16.7. The van der Waals surface area contributed by atoms with Gasteiger partial charge in [-0.2, -0.15) is 0 Å². The second kappa shape index (κ2) is 8.78. The van der Waals surface area contributed by atoms with Gasteiger partial charge < -0.3 is 15.0 Å². The van der Waals surface area contributed by atoms with E-state index in [0.717, 1.165) is 36.2 Å². The van der Waals surface area contributed by atoms with Gasteiger partial charge in [0.05, 0.1) is 12.0 Å². The number of nitrogens with zero attached hydrogens (tertiary/aromatic N) is 3. The van der Waals surface area contributed by atoms with E-state index in [4.69, 9.17) is 4.98 Å². The van der Waals surface area contributed by atoms with Crippen molar-refractivity contribution in [3.05, 3.63) is 84.7 Å². The third-order valence-corrected chi connectivity index (χ3v) is 4.87. The molecule has 2 aromatic carbocycles. The molecule has 0 saturated heterocycles. The van der Waals surface area contributed by atoms with Crippen molar-refractivity contribution in [2.75, 3.05) is 11.9 Å². The Bertz CT molecular complexity index is 1140. The molecule has 0 amide bonds. The van der Waals surface area contributed by atoms with Crippen molar-refractivity contribution in [3.8, 4) is 28.1 Å². The van der Waals surface area contributed by atoms with Crippen molar-refractivity contribution < 1.29 is 9.50 Å². The van der Waals surface area contributed by atoms with E-state index in [1.165, 1.54) is 12.1 Å². The van der Waals surface area contributed by atoms with Crippen molar-refractivity contribution in [2.24, 2.45) is 0 Å². The number of pyridine rings is 1. The topological polar surface area (TPSA) is 63.0 Å². The lowest BCUT2D eigenvalue weighted by atomic mass is 10.0. The highest BCUT2D eigenvalue weighted by molar-refractivity contribution is 5.76. The molecule has 0 aliphatic heterocycles. The predicted octanol–water partition coefficient (Wildman–Crippen LogP) is 5.27. The van der Waals surface area contributed by atoms with Crippen LogP contribution < -0.4 is 5.32 Å². The summed E-state index contributed by atoms with van der Waals surface area (Å²) < 4.78 is 15.8. The molecule has 2 heterocycles. The minimum absolute atomic E-state index is 0.163. The van der Waals surface area contributed by atoms with Crippen LogP contribution in [0.5, 0.6) is 5.75 Å². The summed E-state index contributed by atoms with van der Waals surface area (Å²) in [4.78, 5) is 8.75. The van der Waals surface area contributed by atoms with E-state index in [1.54, 1.807) is 24.7 Å². The minimum atomic E-state index is -0.292. The van der Waals surface area contributed by atoms with Gasteiger partial charge in [0.2, 0.25) is 0 Å². The summed E-state index contributed by atoms with van der Waals surface area (Å²) in [5, 5.41) is 13.7. The van der Waals surface area contributed by atoms with E-state index in [0.29, 0.717) is 17.1 Å². The van der Waals surface area contributed by atoms with Crippen LogP contribution in [0.25, 0.3) is 22.4 Å². The van der Waals surface area contributed by atoms with E-state index in [2.05, 4.69) is 10.3 Å². The SMILES string of the molecule is Cc1ccc(O)c(-c2cc(-c3cccc(F)c3)cc(NCCCn3ccnc3)n2)c1. The normalized spacial score (nSPS) is 10.9. The molecule has 0 aliphatic carbocycles. The summed E-state index contributed by atoms with van der Waals surface area (Å²) in [5.41, 5.74) is 3.89. The molecule has 152 valence electrons. The van der Waals surface area contributed by atoms with Crippen LogP contribution in [-0.4, -0.2) is 26.2 Å². The van der Waals surface area contributed by atoms with E-state index in [1.807, 2.05) is 48.0 Å². The maximum Gasteiger partial charge on any atom is 0.127 e. The van der Waals surface area contributed by atoms with Crippen LogP contribution in [0.15, 0.2) is 73.3 Å². The Morgan fingerprint density at radius 2 is 1.97 bits per heavy atom. The predicted molar refractivity (Wildman–Crippen MR) is 117 cm³/mol. The molecule has 2 N–H and O–H groups in total. The fourth-order valence-corrected chi connectivity index (χ4v) is 3.35. The maximum absolute atomic E-state index is 13.8. The first-order chi connectivity index (χ1) is 14.6. The number of anilines is 1. The smallest absolute Gasteiger partial charge is 0.127 e. The second-order valence-electron chi connectivity index (χ2n) is 7.24. The standard InChI is InChI=1S/C24H23FN4O/c1-17-6-7-23(30)21(12-17)22-14-19(18-4-2-5-20(25)13-18)15-24(28-22)27-8-3-10-29-11-9-26-16-29/h2,4-7,9,11-16,30H,3,8,10H2,1H3,(H,27,28). The third-order valence-electron chi connectivity index (χ3n) is 4.87. The number of aryl methyl sites for hydroxylation is 2. The van der Waals surface area contributed by atoms with E-state index in [-0.39, 0.29) is 11.6 Å². The van der Waals surface area contributed by atoms with Gasteiger partial charge in [0.15, 0.2) is 0 Å². The molecular weight excluding hydrogens is 379 g/mol. The number of halogens is 1. The summed E-state index contributed by atoms with van der Waals surface area (Å²) in [5.74, 6) is 0.549. The number of nitrogens with one attached hydrogen (secondary N) is 1. The molecule has 0 radical (unpaired) electrons. The summed E-state index contributed by atoms with van der Waals surface area (Å²) >= 11 is 0. The summed E-state index contributed by atoms with van der Waals surface area (Å²) in [6.07, 6.45) is 6.38. The molecule has 4 rings (SSSR count). The fraction of sp³-hybridized carbons (Fsp3) is 0.167. The first-order valence-electron chi connectivity index (χ1n) is 9.86. The molecule has 0 fully saturated rings. The summed E-state index contributed by atoms with van der Waals surface area (Å²) in [6.45, 7) is 3.54. The van der Waals surface area contributed by atoms with Crippen molar-refractivity contribution in [3.63, 3.8) is 0 Å². The molecular formula is C24H23FN4O. The first-order valence-corrected chi connectivity index (χ1v) is 9.86. The van der Waals surface area contributed by atoms with E-state index in [9.17, 15) is 9.50 Å². The highest BCUT2D eigenvalue weighted by Gasteiger charge is 2.11. The number of imidazole rings is 1. The molecule has 2 aromatic heterocycles. The van der Waals surface area contributed by atoms with Crippen molar-refractivity contribution >= 4 is 5.82 Å². The van der Waals surface area contributed by atoms with Gasteiger partial charge in [0, 0.05) is 31.0 Å². The molecule has 30 heavy (non-hydrogen) atoms. The highest BCUT2D eigenvalue weighted by Crippen LogP contribution is 2.33. The first kappa shape index (κ1) is 19.6. The molecule has 0 saturated carbocycles. The van der Waals surface area contributed by atoms with Crippen molar-refractivity contribution in [1.29, 1.82) is 0 Å². The van der Waals surface area contributed by atoms with E-state index >= 15 is 0 Å².